The van der Waals surface area contributed by atoms with Crippen molar-refractivity contribution in [1.82, 2.24) is 10.6 Å². The molecule has 0 saturated carbocycles. The van der Waals surface area contributed by atoms with E-state index >= 15 is 0 Å². The molecule has 0 fully saturated rings. The van der Waals surface area contributed by atoms with Crippen molar-refractivity contribution in [2.75, 3.05) is 55.2 Å². The van der Waals surface area contributed by atoms with Gasteiger partial charge in [0.1, 0.15) is 17.2 Å². The van der Waals surface area contributed by atoms with Crippen molar-refractivity contribution in [2.24, 2.45) is 4.99 Å². The Bertz CT molecular complexity index is 481. The van der Waals surface area contributed by atoms with Gasteiger partial charge >= 0.3 is 0 Å². The number of aliphatic imine (C=N–C) groups is 1. The molecule has 130 valence electrons. The van der Waals surface area contributed by atoms with Gasteiger partial charge in [-0.05, 0) is 6.42 Å². The molecule has 0 aromatic heterocycles. The Morgan fingerprint density at radius 3 is 2.04 bits per heavy atom. The van der Waals surface area contributed by atoms with E-state index in [4.69, 9.17) is 18.9 Å². The minimum absolute atomic E-state index is 0.626. The molecule has 7 nitrogen and oxygen atoms in total. The maximum Gasteiger partial charge on any atom is 0.191 e. The zero-order valence-corrected chi connectivity index (χ0v) is 14.6. The van der Waals surface area contributed by atoms with Crippen LogP contribution in [0.4, 0.5) is 0 Å². The number of ether oxygens (including phenoxy) is 4. The zero-order chi connectivity index (χ0) is 17.1. The lowest BCUT2D eigenvalue weighted by molar-refractivity contribution is 0.203. The van der Waals surface area contributed by atoms with E-state index in [0.717, 1.165) is 29.4 Å². The number of guanidine groups is 1. The van der Waals surface area contributed by atoms with Crippen LogP contribution >= 0.6 is 0 Å². The van der Waals surface area contributed by atoms with Crippen LogP contribution in [0.3, 0.4) is 0 Å². The molecule has 0 bridgehead atoms. The van der Waals surface area contributed by atoms with E-state index in [9.17, 15) is 0 Å². The summed E-state index contributed by atoms with van der Waals surface area (Å²) in [5.74, 6) is 2.91. The highest BCUT2D eigenvalue weighted by Gasteiger charge is 2.13. The largest absolute Gasteiger partial charge is 0.496 e. The monoisotopic (exact) mass is 325 g/mol. The Balaban J connectivity index is 2.69. The molecule has 1 aromatic carbocycles. The fraction of sp³-hybridized carbons (Fsp3) is 0.562. The van der Waals surface area contributed by atoms with E-state index in [0.29, 0.717) is 25.4 Å². The molecule has 0 saturated heterocycles. The highest BCUT2D eigenvalue weighted by molar-refractivity contribution is 5.79. The van der Waals surface area contributed by atoms with Gasteiger partial charge in [-0.3, -0.25) is 4.99 Å². The first kappa shape index (κ1) is 18.9. The molecule has 23 heavy (non-hydrogen) atoms. The fourth-order valence-electron chi connectivity index (χ4n) is 2.12. The van der Waals surface area contributed by atoms with E-state index in [1.54, 1.807) is 35.5 Å². The maximum atomic E-state index is 5.44. The van der Waals surface area contributed by atoms with Crippen LogP contribution in [0, 0.1) is 0 Å². The first-order chi connectivity index (χ1) is 11.2. The third-order valence-corrected chi connectivity index (χ3v) is 3.31. The third-order valence-electron chi connectivity index (χ3n) is 3.31. The van der Waals surface area contributed by atoms with Crippen molar-refractivity contribution in [3.05, 3.63) is 17.7 Å². The van der Waals surface area contributed by atoms with Crippen LogP contribution < -0.4 is 24.8 Å². The summed E-state index contributed by atoms with van der Waals surface area (Å²) in [6, 6.07) is 3.70. The summed E-state index contributed by atoms with van der Waals surface area (Å²) in [5, 5.41) is 6.41. The summed E-state index contributed by atoms with van der Waals surface area (Å²) < 4.78 is 21.1. The van der Waals surface area contributed by atoms with Crippen LogP contribution in [0.25, 0.3) is 0 Å². The summed E-state index contributed by atoms with van der Waals surface area (Å²) in [7, 11) is 8.29. The number of nitrogens with one attached hydrogen (secondary N) is 2. The van der Waals surface area contributed by atoms with Crippen LogP contribution in [0.15, 0.2) is 17.1 Å². The highest BCUT2D eigenvalue weighted by Crippen LogP contribution is 2.34. The number of nitrogens with zero attached hydrogens (tertiary/aromatic N) is 1. The molecular weight excluding hydrogens is 298 g/mol. The van der Waals surface area contributed by atoms with Gasteiger partial charge in [-0.25, -0.2) is 0 Å². The number of hydrogen-bond donors (Lipinski definition) is 2. The van der Waals surface area contributed by atoms with Gasteiger partial charge < -0.3 is 29.6 Å². The second kappa shape index (κ2) is 10.6. The number of benzene rings is 1. The first-order valence-corrected chi connectivity index (χ1v) is 7.42. The van der Waals surface area contributed by atoms with Crippen LogP contribution in [-0.4, -0.2) is 61.1 Å². The molecule has 0 aliphatic carbocycles. The fourth-order valence-corrected chi connectivity index (χ4v) is 2.12. The summed E-state index contributed by atoms with van der Waals surface area (Å²) in [6.45, 7) is 2.01. The topological polar surface area (TPSA) is 73.3 Å². The van der Waals surface area contributed by atoms with Gasteiger partial charge in [-0.1, -0.05) is 0 Å². The average molecular weight is 325 g/mol. The molecule has 2 N–H and O–H groups in total. The Morgan fingerprint density at radius 2 is 1.57 bits per heavy atom. The second-order valence-corrected chi connectivity index (χ2v) is 4.68. The lowest BCUT2D eigenvalue weighted by Crippen LogP contribution is -2.39. The van der Waals surface area contributed by atoms with Crippen molar-refractivity contribution < 1.29 is 18.9 Å². The Morgan fingerprint density at radius 1 is 0.957 bits per heavy atom. The van der Waals surface area contributed by atoms with Crippen LogP contribution in [0.1, 0.15) is 5.56 Å². The molecule has 0 atom stereocenters. The van der Waals surface area contributed by atoms with E-state index in [-0.39, 0.29) is 0 Å². The molecule has 0 unspecified atom stereocenters. The molecular formula is C16H27N3O4. The Kier molecular flexibility index (Phi) is 8.67. The quantitative estimate of drug-likeness (QED) is 0.402. The van der Waals surface area contributed by atoms with Crippen molar-refractivity contribution in [1.29, 1.82) is 0 Å². The van der Waals surface area contributed by atoms with Crippen molar-refractivity contribution in [3.8, 4) is 17.2 Å². The summed E-state index contributed by atoms with van der Waals surface area (Å²) in [5.41, 5.74) is 0.982. The summed E-state index contributed by atoms with van der Waals surface area (Å²) in [6.07, 6.45) is 0.724. The van der Waals surface area contributed by atoms with E-state index in [2.05, 4.69) is 15.6 Å². The predicted octanol–water partition coefficient (Wildman–Crippen LogP) is 1.07. The van der Waals surface area contributed by atoms with Crippen LogP contribution in [0.5, 0.6) is 17.2 Å². The van der Waals surface area contributed by atoms with Crippen molar-refractivity contribution in [3.63, 3.8) is 0 Å². The average Bonchev–Trinajstić information content (AvgIpc) is 2.60. The number of methoxy groups -OCH3 is 4. The molecule has 0 aliphatic heterocycles. The molecule has 0 heterocycles. The Labute approximate surface area is 138 Å². The first-order valence-electron chi connectivity index (χ1n) is 7.42. The standard InChI is InChI=1S/C16H27N3O4/c1-17-16(19-8-9-20-2)18-7-6-13-14(22-4)10-12(21-3)11-15(13)23-5/h10-11H,6-9H2,1-5H3,(H2,17,18,19). The predicted molar refractivity (Wildman–Crippen MR) is 91.0 cm³/mol. The molecule has 1 rings (SSSR count). The normalized spacial score (nSPS) is 11.1. The van der Waals surface area contributed by atoms with Crippen molar-refractivity contribution >= 4 is 5.96 Å². The van der Waals surface area contributed by atoms with E-state index < -0.39 is 0 Å². The lowest BCUT2D eigenvalue weighted by Gasteiger charge is -2.16. The molecule has 0 amide bonds. The van der Waals surface area contributed by atoms with E-state index in [1.165, 1.54) is 0 Å². The van der Waals surface area contributed by atoms with Crippen LogP contribution in [0.2, 0.25) is 0 Å². The van der Waals surface area contributed by atoms with Crippen LogP contribution in [-0.2, 0) is 11.2 Å². The number of rotatable bonds is 9. The minimum Gasteiger partial charge on any atom is -0.496 e. The van der Waals surface area contributed by atoms with E-state index in [1.807, 2.05) is 12.1 Å². The SMILES string of the molecule is CN=C(NCCOC)NCCc1c(OC)cc(OC)cc1OC. The van der Waals surface area contributed by atoms with Gasteiger partial charge in [0.05, 0.1) is 27.9 Å². The lowest BCUT2D eigenvalue weighted by atomic mass is 10.1. The third kappa shape index (κ3) is 5.86. The van der Waals surface area contributed by atoms with Gasteiger partial charge in [-0.15, -0.1) is 0 Å². The molecule has 1 aromatic rings. The van der Waals surface area contributed by atoms with Gasteiger partial charge in [0.2, 0.25) is 0 Å². The summed E-state index contributed by atoms with van der Waals surface area (Å²) in [4.78, 5) is 4.16. The second-order valence-electron chi connectivity index (χ2n) is 4.68. The zero-order valence-electron chi connectivity index (χ0n) is 14.6. The Hall–Kier alpha value is -2.15. The molecule has 0 radical (unpaired) electrons. The van der Waals surface area contributed by atoms with Crippen molar-refractivity contribution in [2.45, 2.75) is 6.42 Å². The minimum atomic E-state index is 0.626. The maximum absolute atomic E-state index is 5.44. The van der Waals surface area contributed by atoms with Gasteiger partial charge in [-0.2, -0.15) is 0 Å². The summed E-state index contributed by atoms with van der Waals surface area (Å²) >= 11 is 0. The van der Waals surface area contributed by atoms with Gasteiger partial charge in [0.15, 0.2) is 5.96 Å². The number of hydrogen-bond acceptors (Lipinski definition) is 5. The molecule has 0 aliphatic rings. The molecule has 7 heteroatoms. The molecule has 0 spiro atoms. The van der Waals surface area contributed by atoms with Gasteiger partial charge in [0.25, 0.3) is 0 Å². The highest BCUT2D eigenvalue weighted by atomic mass is 16.5. The van der Waals surface area contributed by atoms with Gasteiger partial charge in [0, 0.05) is 44.9 Å². The smallest absolute Gasteiger partial charge is 0.191 e.